The van der Waals surface area contributed by atoms with Crippen LogP contribution in [-0.2, 0) is 5.41 Å². The molecule has 1 aliphatic rings. The Balaban J connectivity index is 2.12. The second kappa shape index (κ2) is 5.24. The van der Waals surface area contributed by atoms with Crippen molar-refractivity contribution in [1.82, 2.24) is 10.2 Å². The van der Waals surface area contributed by atoms with Crippen LogP contribution < -0.4 is 5.73 Å². The molecule has 1 aromatic heterocycles. The van der Waals surface area contributed by atoms with Gasteiger partial charge in [0.05, 0.1) is 5.69 Å². The molecule has 3 nitrogen and oxygen atoms in total. The maximum Gasteiger partial charge on any atom is 0.153 e. The van der Waals surface area contributed by atoms with E-state index in [-0.39, 0.29) is 5.41 Å². The molecule has 0 aliphatic heterocycles. The number of nitrogens with two attached hydrogens (primary N) is 1. The van der Waals surface area contributed by atoms with Crippen molar-refractivity contribution in [3.05, 3.63) is 34.4 Å². The van der Waals surface area contributed by atoms with E-state index in [2.05, 4.69) is 57.3 Å². The molecular formula is C16H20BrN3. The summed E-state index contributed by atoms with van der Waals surface area (Å²) < 4.78 is 1.08. The highest BCUT2D eigenvalue weighted by Gasteiger charge is 2.38. The molecule has 0 unspecified atom stereocenters. The quantitative estimate of drug-likeness (QED) is 0.859. The molecule has 1 aliphatic carbocycles. The third-order valence-corrected chi connectivity index (χ3v) is 5.22. The number of hydrogen-bond donors (Lipinski definition) is 2. The van der Waals surface area contributed by atoms with E-state index in [1.807, 2.05) is 0 Å². The van der Waals surface area contributed by atoms with Gasteiger partial charge in [-0.15, -0.1) is 0 Å². The number of halogens is 1. The van der Waals surface area contributed by atoms with Crippen molar-refractivity contribution >= 4 is 21.7 Å². The molecule has 0 saturated heterocycles. The fourth-order valence-corrected chi connectivity index (χ4v) is 3.74. The van der Waals surface area contributed by atoms with Gasteiger partial charge < -0.3 is 5.73 Å². The topological polar surface area (TPSA) is 54.7 Å². The number of H-pyrrole nitrogens is 1. The molecule has 0 radical (unpaired) electrons. The summed E-state index contributed by atoms with van der Waals surface area (Å²) in [5.74, 6) is 0.613. The van der Waals surface area contributed by atoms with Crippen molar-refractivity contribution in [2.45, 2.75) is 44.4 Å². The van der Waals surface area contributed by atoms with Crippen LogP contribution in [0.3, 0.4) is 0 Å². The number of rotatable bonds is 3. The lowest BCUT2D eigenvalue weighted by Gasteiger charge is -2.27. The first-order valence-corrected chi connectivity index (χ1v) is 8.06. The average molecular weight is 334 g/mol. The van der Waals surface area contributed by atoms with Crippen molar-refractivity contribution in [3.63, 3.8) is 0 Å². The van der Waals surface area contributed by atoms with Crippen molar-refractivity contribution < 1.29 is 0 Å². The molecule has 3 N–H and O–H groups in total. The number of nitrogens with one attached hydrogen (secondary N) is 1. The minimum Gasteiger partial charge on any atom is -0.382 e. The van der Waals surface area contributed by atoms with Gasteiger partial charge in [0.1, 0.15) is 0 Å². The molecule has 1 heterocycles. The summed E-state index contributed by atoms with van der Waals surface area (Å²) in [6, 6.07) is 8.32. The monoisotopic (exact) mass is 333 g/mol. The summed E-state index contributed by atoms with van der Waals surface area (Å²) >= 11 is 3.48. The first kappa shape index (κ1) is 13.7. The first-order chi connectivity index (χ1) is 9.66. The fraction of sp³-hybridized carbons (Fsp3) is 0.438. The Morgan fingerprint density at radius 1 is 1.25 bits per heavy atom. The van der Waals surface area contributed by atoms with Gasteiger partial charge in [-0.1, -0.05) is 47.8 Å². The van der Waals surface area contributed by atoms with E-state index in [1.54, 1.807) is 0 Å². The number of aromatic nitrogens is 2. The molecule has 20 heavy (non-hydrogen) atoms. The third-order valence-electron chi connectivity index (χ3n) is 4.69. The van der Waals surface area contributed by atoms with Gasteiger partial charge in [0.25, 0.3) is 0 Å². The molecule has 1 aromatic carbocycles. The number of anilines is 1. The summed E-state index contributed by atoms with van der Waals surface area (Å²) in [6.07, 6.45) is 6.20. The van der Waals surface area contributed by atoms with Gasteiger partial charge in [-0.25, -0.2) is 0 Å². The molecule has 3 rings (SSSR count). The molecule has 2 aromatic rings. The minimum absolute atomic E-state index is 0.229. The fourth-order valence-electron chi connectivity index (χ4n) is 3.48. The largest absolute Gasteiger partial charge is 0.382 e. The Labute approximate surface area is 128 Å². The minimum atomic E-state index is 0.229. The van der Waals surface area contributed by atoms with Crippen molar-refractivity contribution in [2.24, 2.45) is 0 Å². The van der Waals surface area contributed by atoms with Gasteiger partial charge in [-0.3, -0.25) is 5.10 Å². The van der Waals surface area contributed by atoms with Crippen LogP contribution in [0, 0.1) is 0 Å². The molecule has 1 saturated carbocycles. The van der Waals surface area contributed by atoms with Gasteiger partial charge in [0.2, 0.25) is 0 Å². The summed E-state index contributed by atoms with van der Waals surface area (Å²) in [6.45, 7) is 2.27. The first-order valence-electron chi connectivity index (χ1n) is 7.26. The lowest BCUT2D eigenvalue weighted by Crippen LogP contribution is -2.22. The van der Waals surface area contributed by atoms with E-state index in [9.17, 15) is 0 Å². The van der Waals surface area contributed by atoms with Gasteiger partial charge in [-0.05, 0) is 37.0 Å². The van der Waals surface area contributed by atoms with Crippen LogP contribution in [0.1, 0.15) is 44.7 Å². The Hall–Kier alpha value is -1.29. The lowest BCUT2D eigenvalue weighted by atomic mass is 9.77. The number of benzene rings is 1. The molecule has 0 atom stereocenters. The number of hydrogen-bond acceptors (Lipinski definition) is 2. The van der Waals surface area contributed by atoms with Crippen LogP contribution in [-0.4, -0.2) is 10.2 Å². The highest BCUT2D eigenvalue weighted by Crippen LogP contribution is 2.47. The maximum absolute atomic E-state index is 6.14. The van der Waals surface area contributed by atoms with Gasteiger partial charge in [0, 0.05) is 15.5 Å². The molecule has 106 valence electrons. The molecule has 0 bridgehead atoms. The number of aromatic amines is 1. The lowest BCUT2D eigenvalue weighted by molar-refractivity contribution is 0.413. The van der Waals surface area contributed by atoms with Gasteiger partial charge in [0.15, 0.2) is 5.82 Å². The molecule has 0 spiro atoms. The second-order valence-electron chi connectivity index (χ2n) is 5.71. The standard InChI is InChI=1S/C16H20BrN3/c1-2-16(9-3-4-10-16)14-13(15(18)20-19-14)11-5-7-12(17)8-6-11/h5-8H,2-4,9-10H2,1H3,(H3,18,19,20). The van der Waals surface area contributed by atoms with Crippen molar-refractivity contribution in [3.8, 4) is 11.1 Å². The molecular weight excluding hydrogens is 314 g/mol. The van der Waals surface area contributed by atoms with E-state index in [0.29, 0.717) is 5.82 Å². The molecule has 4 heteroatoms. The Kier molecular flexibility index (Phi) is 3.59. The Bertz CT molecular complexity index is 595. The van der Waals surface area contributed by atoms with E-state index in [1.165, 1.54) is 31.4 Å². The van der Waals surface area contributed by atoms with Crippen LogP contribution in [0.2, 0.25) is 0 Å². The van der Waals surface area contributed by atoms with Gasteiger partial charge >= 0.3 is 0 Å². The average Bonchev–Trinajstić information content (AvgIpc) is 3.07. The van der Waals surface area contributed by atoms with Crippen molar-refractivity contribution in [1.29, 1.82) is 0 Å². The summed E-state index contributed by atoms with van der Waals surface area (Å²) in [4.78, 5) is 0. The summed E-state index contributed by atoms with van der Waals surface area (Å²) in [5.41, 5.74) is 9.85. The smallest absolute Gasteiger partial charge is 0.153 e. The predicted molar refractivity (Wildman–Crippen MR) is 86.6 cm³/mol. The van der Waals surface area contributed by atoms with E-state index >= 15 is 0 Å². The predicted octanol–water partition coefficient (Wildman–Crippen LogP) is 4.64. The zero-order valence-electron chi connectivity index (χ0n) is 11.7. The van der Waals surface area contributed by atoms with Crippen LogP contribution in [0.25, 0.3) is 11.1 Å². The highest BCUT2D eigenvalue weighted by atomic mass is 79.9. The van der Waals surface area contributed by atoms with E-state index in [0.717, 1.165) is 22.0 Å². The second-order valence-corrected chi connectivity index (χ2v) is 6.62. The normalized spacial score (nSPS) is 17.5. The van der Waals surface area contributed by atoms with Crippen LogP contribution in [0.15, 0.2) is 28.7 Å². The highest BCUT2D eigenvalue weighted by molar-refractivity contribution is 9.10. The van der Waals surface area contributed by atoms with Crippen LogP contribution >= 0.6 is 15.9 Å². The zero-order chi connectivity index (χ0) is 14.2. The summed E-state index contributed by atoms with van der Waals surface area (Å²) in [5, 5.41) is 7.53. The van der Waals surface area contributed by atoms with Gasteiger partial charge in [-0.2, -0.15) is 5.10 Å². The number of nitrogen functional groups attached to an aromatic ring is 1. The van der Waals surface area contributed by atoms with E-state index < -0.39 is 0 Å². The SMILES string of the molecule is CCC1(c2[nH]nc(N)c2-c2ccc(Br)cc2)CCCC1. The van der Waals surface area contributed by atoms with Crippen LogP contribution in [0.5, 0.6) is 0 Å². The third kappa shape index (κ3) is 2.16. The zero-order valence-corrected chi connectivity index (χ0v) is 13.3. The Morgan fingerprint density at radius 2 is 1.90 bits per heavy atom. The van der Waals surface area contributed by atoms with Crippen molar-refractivity contribution in [2.75, 3.05) is 5.73 Å². The molecule has 0 amide bonds. The maximum atomic E-state index is 6.14. The number of nitrogens with zero attached hydrogens (tertiary/aromatic N) is 1. The Morgan fingerprint density at radius 3 is 2.50 bits per heavy atom. The van der Waals surface area contributed by atoms with E-state index in [4.69, 9.17) is 5.73 Å². The molecule has 1 fully saturated rings. The van der Waals surface area contributed by atoms with Crippen LogP contribution in [0.4, 0.5) is 5.82 Å². The summed E-state index contributed by atoms with van der Waals surface area (Å²) in [7, 11) is 0.